The summed E-state index contributed by atoms with van der Waals surface area (Å²) in [6.45, 7) is -0.336. The highest BCUT2D eigenvalue weighted by Gasteiger charge is 2.34. The lowest BCUT2D eigenvalue weighted by molar-refractivity contribution is -0.119. The van der Waals surface area contributed by atoms with Crippen molar-refractivity contribution in [3.8, 4) is 0 Å². The van der Waals surface area contributed by atoms with Gasteiger partial charge in [0.15, 0.2) is 6.29 Å². The molecule has 7 heteroatoms. The molecular formula is C8H8F3N3O. The number of hydrogen-bond acceptors (Lipinski definition) is 3. The van der Waals surface area contributed by atoms with Gasteiger partial charge >= 0.3 is 6.18 Å². The Hall–Kier alpha value is -1.53. The van der Waals surface area contributed by atoms with Crippen molar-refractivity contribution in [2.45, 2.75) is 12.7 Å². The first-order valence-electron chi connectivity index (χ1n) is 4.34. The van der Waals surface area contributed by atoms with Crippen molar-refractivity contribution in [3.05, 3.63) is 11.8 Å². The summed E-state index contributed by atoms with van der Waals surface area (Å²) in [4.78, 5) is 11.6. The number of carbonyl (C=O) groups is 1. The summed E-state index contributed by atoms with van der Waals surface area (Å²) in [5.41, 5.74) is 0.164. The number of carbonyl (C=O) groups excluding carboxylic acids is 1. The molecule has 1 aliphatic heterocycles. The summed E-state index contributed by atoms with van der Waals surface area (Å²) < 4.78 is 37.9. The molecule has 2 heterocycles. The molecule has 0 saturated heterocycles. The molecule has 0 spiro atoms. The number of halogens is 3. The van der Waals surface area contributed by atoms with Crippen molar-refractivity contribution < 1.29 is 18.0 Å². The van der Waals surface area contributed by atoms with Crippen LogP contribution in [0.5, 0.6) is 0 Å². The normalized spacial score (nSPS) is 15.5. The number of anilines is 1. The largest absolute Gasteiger partial charge is 0.405 e. The van der Waals surface area contributed by atoms with Gasteiger partial charge in [0, 0.05) is 12.6 Å². The van der Waals surface area contributed by atoms with E-state index in [-0.39, 0.29) is 12.2 Å². The van der Waals surface area contributed by atoms with Gasteiger partial charge in [0.05, 0.1) is 6.54 Å². The summed E-state index contributed by atoms with van der Waals surface area (Å²) in [5.74, 6) is 0.356. The molecular weight excluding hydrogens is 211 g/mol. The maximum atomic E-state index is 12.1. The fraction of sp³-hybridized carbons (Fsp3) is 0.500. The summed E-state index contributed by atoms with van der Waals surface area (Å²) in [6, 6.07) is 1.37. The first-order valence-corrected chi connectivity index (χ1v) is 4.34. The number of rotatable bonds is 2. The fourth-order valence-electron chi connectivity index (χ4n) is 1.61. The summed E-state index contributed by atoms with van der Waals surface area (Å²) in [5, 5.41) is 3.83. The van der Waals surface area contributed by atoms with E-state index < -0.39 is 12.7 Å². The van der Waals surface area contributed by atoms with Gasteiger partial charge in [0.2, 0.25) is 0 Å². The zero-order chi connectivity index (χ0) is 11.1. The zero-order valence-corrected chi connectivity index (χ0v) is 7.66. The molecule has 0 saturated carbocycles. The van der Waals surface area contributed by atoms with Crippen molar-refractivity contribution >= 4 is 12.1 Å². The molecule has 1 aromatic rings. The van der Waals surface area contributed by atoms with E-state index in [0.29, 0.717) is 18.6 Å². The smallest absolute Gasteiger partial charge is 0.346 e. The molecule has 0 amide bonds. The Morgan fingerprint density at radius 2 is 2.20 bits per heavy atom. The first kappa shape index (κ1) is 10.0. The van der Waals surface area contributed by atoms with E-state index >= 15 is 0 Å². The third-order valence-electron chi connectivity index (χ3n) is 2.17. The molecule has 0 bridgehead atoms. The maximum Gasteiger partial charge on any atom is 0.405 e. The van der Waals surface area contributed by atoms with Crippen molar-refractivity contribution in [2.75, 3.05) is 18.0 Å². The molecule has 0 aromatic carbocycles. The van der Waals surface area contributed by atoms with Crippen LogP contribution in [0.2, 0.25) is 0 Å². The quantitative estimate of drug-likeness (QED) is 0.698. The summed E-state index contributed by atoms with van der Waals surface area (Å²) in [7, 11) is 0. The molecule has 0 N–H and O–H groups in total. The Labute approximate surface area is 83.3 Å². The van der Waals surface area contributed by atoms with Crippen LogP contribution >= 0.6 is 0 Å². The third-order valence-corrected chi connectivity index (χ3v) is 2.17. The second-order valence-electron chi connectivity index (χ2n) is 3.31. The highest BCUT2D eigenvalue weighted by molar-refractivity contribution is 5.74. The van der Waals surface area contributed by atoms with Crippen molar-refractivity contribution in [1.82, 2.24) is 9.78 Å². The fourth-order valence-corrected chi connectivity index (χ4v) is 1.61. The van der Waals surface area contributed by atoms with Crippen LogP contribution in [0.15, 0.2) is 6.07 Å². The second kappa shape index (κ2) is 3.25. The van der Waals surface area contributed by atoms with Gasteiger partial charge in [-0.3, -0.25) is 4.79 Å². The molecule has 0 unspecified atom stereocenters. The van der Waals surface area contributed by atoms with Gasteiger partial charge in [-0.15, -0.1) is 0 Å². The highest BCUT2D eigenvalue weighted by atomic mass is 19.4. The lowest BCUT2D eigenvalue weighted by Crippen LogP contribution is -2.32. The minimum atomic E-state index is -4.24. The van der Waals surface area contributed by atoms with E-state index in [1.165, 1.54) is 15.6 Å². The summed E-state index contributed by atoms with van der Waals surface area (Å²) in [6.07, 6.45) is -3.71. The lowest BCUT2D eigenvalue weighted by atomic mass is 10.4. The molecule has 15 heavy (non-hydrogen) atoms. The van der Waals surface area contributed by atoms with Crippen molar-refractivity contribution in [1.29, 1.82) is 0 Å². The van der Waals surface area contributed by atoms with Crippen LogP contribution in [0, 0.1) is 0 Å². The highest BCUT2D eigenvalue weighted by Crippen LogP contribution is 2.26. The average molecular weight is 219 g/mol. The maximum absolute atomic E-state index is 12.1. The molecule has 0 fully saturated rings. The van der Waals surface area contributed by atoms with Crippen LogP contribution in [-0.4, -0.2) is 35.3 Å². The molecule has 0 radical (unpaired) electrons. The number of aldehydes is 1. The first-order chi connectivity index (χ1) is 6.99. The van der Waals surface area contributed by atoms with E-state index in [9.17, 15) is 18.0 Å². The number of fused-ring (bicyclic) bond motifs is 1. The van der Waals surface area contributed by atoms with Crippen LogP contribution in [0.4, 0.5) is 19.0 Å². The molecule has 2 rings (SSSR count). The van der Waals surface area contributed by atoms with Gasteiger partial charge < -0.3 is 4.90 Å². The molecule has 0 atom stereocenters. The van der Waals surface area contributed by atoms with E-state index in [1.54, 1.807) is 0 Å². The van der Waals surface area contributed by atoms with E-state index in [1.807, 2.05) is 0 Å². The van der Waals surface area contributed by atoms with Crippen LogP contribution in [0.3, 0.4) is 0 Å². The van der Waals surface area contributed by atoms with Gasteiger partial charge in [-0.05, 0) is 0 Å². The molecule has 0 aliphatic carbocycles. The molecule has 1 aromatic heterocycles. The minimum absolute atomic E-state index is 0.164. The SMILES string of the molecule is O=Cc1cc2n(n1)CCN2CC(F)(F)F. The third kappa shape index (κ3) is 1.95. The number of alkyl halides is 3. The van der Waals surface area contributed by atoms with Gasteiger partial charge in [-0.2, -0.15) is 18.3 Å². The predicted molar refractivity (Wildman–Crippen MR) is 45.9 cm³/mol. The van der Waals surface area contributed by atoms with Gasteiger partial charge in [0.1, 0.15) is 18.1 Å². The number of hydrogen-bond donors (Lipinski definition) is 0. The predicted octanol–water partition coefficient (Wildman–Crippen LogP) is 1.08. The van der Waals surface area contributed by atoms with E-state index in [2.05, 4.69) is 5.10 Å². The second-order valence-corrected chi connectivity index (χ2v) is 3.31. The Balaban J connectivity index is 2.20. The molecule has 1 aliphatic rings. The van der Waals surface area contributed by atoms with Crippen LogP contribution in [-0.2, 0) is 6.54 Å². The zero-order valence-electron chi connectivity index (χ0n) is 7.66. The number of aromatic nitrogens is 2. The van der Waals surface area contributed by atoms with Crippen LogP contribution in [0.25, 0.3) is 0 Å². The monoisotopic (exact) mass is 219 g/mol. The van der Waals surface area contributed by atoms with Crippen molar-refractivity contribution in [3.63, 3.8) is 0 Å². The Morgan fingerprint density at radius 1 is 1.47 bits per heavy atom. The Kier molecular flexibility index (Phi) is 2.17. The molecule has 4 nitrogen and oxygen atoms in total. The van der Waals surface area contributed by atoms with Gasteiger partial charge in [0.25, 0.3) is 0 Å². The van der Waals surface area contributed by atoms with Crippen LogP contribution in [0.1, 0.15) is 10.5 Å². The Morgan fingerprint density at radius 3 is 2.80 bits per heavy atom. The van der Waals surface area contributed by atoms with E-state index in [4.69, 9.17) is 0 Å². The summed E-state index contributed by atoms with van der Waals surface area (Å²) >= 11 is 0. The van der Waals surface area contributed by atoms with Gasteiger partial charge in [-0.25, -0.2) is 4.68 Å². The number of nitrogens with zero attached hydrogens (tertiary/aromatic N) is 3. The standard InChI is InChI=1S/C8H8F3N3O/c9-8(10,11)5-13-1-2-14-7(13)3-6(4-15)12-14/h3-4H,1-2,5H2. The van der Waals surface area contributed by atoms with E-state index in [0.717, 1.165) is 0 Å². The minimum Gasteiger partial charge on any atom is -0.346 e. The average Bonchev–Trinajstić information content (AvgIpc) is 2.65. The molecule has 82 valence electrons. The Bertz CT molecular complexity index is 385. The topological polar surface area (TPSA) is 38.1 Å². The van der Waals surface area contributed by atoms with Gasteiger partial charge in [-0.1, -0.05) is 0 Å². The lowest BCUT2D eigenvalue weighted by Gasteiger charge is -2.18. The van der Waals surface area contributed by atoms with Crippen molar-refractivity contribution in [2.24, 2.45) is 0 Å². The van der Waals surface area contributed by atoms with Crippen LogP contribution < -0.4 is 4.90 Å².